The van der Waals surface area contributed by atoms with Gasteiger partial charge in [-0.2, -0.15) is 0 Å². The zero-order valence-corrected chi connectivity index (χ0v) is 36.8. The van der Waals surface area contributed by atoms with Crippen molar-refractivity contribution >= 4 is 75.9 Å². The summed E-state index contributed by atoms with van der Waals surface area (Å²) in [7, 11) is 0. The van der Waals surface area contributed by atoms with Crippen molar-refractivity contribution in [2.24, 2.45) is 0 Å². The van der Waals surface area contributed by atoms with Crippen LogP contribution in [0.2, 0.25) is 0 Å². The van der Waals surface area contributed by atoms with Crippen LogP contribution in [0, 0.1) is 0 Å². The molecule has 0 amide bonds. The number of fused-ring (bicyclic) bond motifs is 9. The maximum atomic E-state index is 5.14. The zero-order chi connectivity index (χ0) is 44.7. The van der Waals surface area contributed by atoms with Crippen LogP contribution in [0.3, 0.4) is 0 Å². The van der Waals surface area contributed by atoms with Gasteiger partial charge in [-0.05, 0) is 105 Å². The molecule has 316 valence electrons. The molecule has 0 fully saturated rings. The van der Waals surface area contributed by atoms with Crippen LogP contribution in [-0.4, -0.2) is 24.1 Å². The lowest BCUT2D eigenvalue weighted by molar-refractivity contribution is 1.07. The molecule has 5 nitrogen and oxygen atoms in total. The van der Waals surface area contributed by atoms with Gasteiger partial charge in [-0.3, -0.25) is 0 Å². The first kappa shape index (κ1) is 38.1. The molecule has 0 unspecified atom stereocenters. The van der Waals surface area contributed by atoms with Crippen molar-refractivity contribution in [3.05, 3.63) is 237 Å². The average molecular weight is 866 g/mol. The Hall–Kier alpha value is -9.19. The van der Waals surface area contributed by atoms with Gasteiger partial charge in [-0.25, -0.2) is 15.0 Å². The van der Waals surface area contributed by atoms with Gasteiger partial charge in [-0.1, -0.05) is 170 Å². The van der Waals surface area contributed by atoms with Crippen LogP contribution in [0.25, 0.3) is 133 Å². The fraction of sp³-hybridized carbons (Fsp3) is 0. The normalized spacial score (nSPS) is 11.8. The highest BCUT2D eigenvalue weighted by Gasteiger charge is 2.19. The van der Waals surface area contributed by atoms with Crippen LogP contribution in [0.15, 0.2) is 237 Å². The smallest absolute Gasteiger partial charge is 0.164 e. The predicted octanol–water partition coefficient (Wildman–Crippen LogP) is 16.2. The van der Waals surface area contributed by atoms with Crippen LogP contribution in [-0.2, 0) is 0 Å². The molecular weight excluding hydrogens is 827 g/mol. The lowest BCUT2D eigenvalue weighted by atomic mass is 10.0. The minimum absolute atomic E-state index is 0.631. The number of para-hydroxylation sites is 2. The van der Waals surface area contributed by atoms with Gasteiger partial charge < -0.3 is 9.13 Å². The van der Waals surface area contributed by atoms with E-state index in [0.29, 0.717) is 17.5 Å². The van der Waals surface area contributed by atoms with Crippen molar-refractivity contribution in [2.45, 2.75) is 0 Å². The molecule has 14 aromatic rings. The van der Waals surface area contributed by atoms with Gasteiger partial charge in [0, 0.05) is 49.3 Å². The van der Waals surface area contributed by atoms with Crippen molar-refractivity contribution in [3.63, 3.8) is 0 Å². The van der Waals surface area contributed by atoms with E-state index in [9.17, 15) is 0 Å². The van der Waals surface area contributed by atoms with E-state index in [2.05, 4.69) is 221 Å². The van der Waals surface area contributed by atoms with Crippen LogP contribution < -0.4 is 0 Å². The van der Waals surface area contributed by atoms with E-state index in [0.717, 1.165) is 55.5 Å². The highest BCUT2D eigenvalue weighted by molar-refractivity contribution is 6.17. The molecule has 3 aromatic heterocycles. The van der Waals surface area contributed by atoms with Gasteiger partial charge in [0.05, 0.1) is 27.8 Å². The highest BCUT2D eigenvalue weighted by Crippen LogP contribution is 2.41. The van der Waals surface area contributed by atoms with Crippen LogP contribution in [0.4, 0.5) is 0 Å². The Morgan fingerprint density at radius 2 is 0.735 bits per heavy atom. The van der Waals surface area contributed by atoms with E-state index in [-0.39, 0.29) is 0 Å². The summed E-state index contributed by atoms with van der Waals surface area (Å²) in [5.74, 6) is 1.90. The standard InChI is InChI=1S/C63H39N5/c1-3-15-40(16-4-1)42-21-13-23-48(33-42)62-64-61(41-17-5-2-6-18-41)65-63(66-62)49-30-29-46-35-50(32-31-45(46)34-49)67-56-26-11-9-24-51(56)55-37-47-22-14-28-58(53(47)39-60(55)67)68-57-27-12-10-25-52(57)54-36-43-19-7-8-20-44(43)38-59(54)68/h1-39H. The summed E-state index contributed by atoms with van der Waals surface area (Å²) in [6, 6.07) is 84.8. The first-order chi connectivity index (χ1) is 33.7. The van der Waals surface area contributed by atoms with E-state index >= 15 is 0 Å². The second-order valence-corrected chi connectivity index (χ2v) is 17.7. The monoisotopic (exact) mass is 865 g/mol. The molecule has 0 saturated carbocycles. The average Bonchev–Trinajstić information content (AvgIpc) is 3.91. The molecule has 0 aliphatic carbocycles. The van der Waals surface area contributed by atoms with E-state index in [1.54, 1.807) is 0 Å². The first-order valence-electron chi connectivity index (χ1n) is 23.1. The second kappa shape index (κ2) is 15.2. The molecule has 0 saturated heterocycles. The fourth-order valence-electron chi connectivity index (χ4n) is 10.4. The molecule has 3 heterocycles. The Labute approximate surface area is 391 Å². The van der Waals surface area contributed by atoms with E-state index in [1.165, 1.54) is 59.6 Å². The third kappa shape index (κ3) is 6.14. The van der Waals surface area contributed by atoms with E-state index < -0.39 is 0 Å². The van der Waals surface area contributed by atoms with Crippen LogP contribution >= 0.6 is 0 Å². The second-order valence-electron chi connectivity index (χ2n) is 17.7. The molecule has 0 bridgehead atoms. The summed E-state index contributed by atoms with van der Waals surface area (Å²) in [6.45, 7) is 0. The summed E-state index contributed by atoms with van der Waals surface area (Å²) < 4.78 is 4.90. The van der Waals surface area contributed by atoms with Crippen molar-refractivity contribution in [1.29, 1.82) is 0 Å². The van der Waals surface area contributed by atoms with Crippen LogP contribution in [0.1, 0.15) is 0 Å². The topological polar surface area (TPSA) is 48.5 Å². The molecule has 14 rings (SSSR count). The maximum absolute atomic E-state index is 5.14. The number of hydrogen-bond donors (Lipinski definition) is 0. The van der Waals surface area contributed by atoms with Gasteiger partial charge >= 0.3 is 0 Å². The predicted molar refractivity (Wildman–Crippen MR) is 283 cm³/mol. The zero-order valence-electron chi connectivity index (χ0n) is 36.8. The third-order valence-corrected chi connectivity index (χ3v) is 13.7. The van der Waals surface area contributed by atoms with Gasteiger partial charge in [0.2, 0.25) is 0 Å². The third-order valence-electron chi connectivity index (χ3n) is 13.7. The van der Waals surface area contributed by atoms with Gasteiger partial charge in [0.25, 0.3) is 0 Å². The summed E-state index contributed by atoms with van der Waals surface area (Å²) in [6.07, 6.45) is 0. The number of benzene rings is 11. The summed E-state index contributed by atoms with van der Waals surface area (Å²) in [4.78, 5) is 15.3. The Kier molecular flexibility index (Phi) is 8.52. The van der Waals surface area contributed by atoms with E-state index in [4.69, 9.17) is 15.0 Å². The molecule has 0 aliphatic heterocycles. The lowest BCUT2D eigenvalue weighted by Gasteiger charge is -2.14. The highest BCUT2D eigenvalue weighted by atomic mass is 15.0. The molecule has 0 atom stereocenters. The molecular formula is C63H39N5. The molecule has 5 heteroatoms. The van der Waals surface area contributed by atoms with Crippen molar-refractivity contribution in [2.75, 3.05) is 0 Å². The quantitative estimate of drug-likeness (QED) is 0.167. The number of hydrogen-bond acceptors (Lipinski definition) is 3. The summed E-state index contributed by atoms with van der Waals surface area (Å²) in [5, 5.41) is 12.1. The number of aromatic nitrogens is 5. The SMILES string of the molecule is c1ccc(-c2cccc(-c3nc(-c4ccccc4)nc(-c4ccc5cc(-n6c7ccccc7c7cc8cccc(-n9c%10ccccc%10c%10cc%11ccccc%11cc%109)c8cc76)ccc5c4)n3)c2)cc1. The molecule has 0 N–H and O–H groups in total. The maximum Gasteiger partial charge on any atom is 0.164 e. The Balaban J connectivity index is 0.916. The number of rotatable bonds is 6. The lowest BCUT2D eigenvalue weighted by Crippen LogP contribution is -2.00. The van der Waals surface area contributed by atoms with E-state index in [1.807, 2.05) is 24.3 Å². The molecule has 11 aromatic carbocycles. The summed E-state index contributed by atoms with van der Waals surface area (Å²) >= 11 is 0. The first-order valence-corrected chi connectivity index (χ1v) is 23.1. The molecule has 0 radical (unpaired) electrons. The molecule has 0 spiro atoms. The Bertz CT molecular complexity index is 4320. The largest absolute Gasteiger partial charge is 0.309 e. The molecule has 0 aliphatic rings. The molecule has 68 heavy (non-hydrogen) atoms. The van der Waals surface area contributed by atoms with Gasteiger partial charge in [-0.15, -0.1) is 0 Å². The van der Waals surface area contributed by atoms with Crippen molar-refractivity contribution in [3.8, 4) is 56.7 Å². The van der Waals surface area contributed by atoms with Gasteiger partial charge in [0.15, 0.2) is 17.5 Å². The Morgan fingerprint density at radius 3 is 1.49 bits per heavy atom. The van der Waals surface area contributed by atoms with Crippen molar-refractivity contribution in [1.82, 2.24) is 24.1 Å². The number of nitrogens with zero attached hydrogens (tertiary/aromatic N) is 5. The van der Waals surface area contributed by atoms with Gasteiger partial charge in [0.1, 0.15) is 0 Å². The minimum atomic E-state index is 0.631. The minimum Gasteiger partial charge on any atom is -0.309 e. The van der Waals surface area contributed by atoms with Crippen LogP contribution in [0.5, 0.6) is 0 Å². The fourth-order valence-corrected chi connectivity index (χ4v) is 10.4. The van der Waals surface area contributed by atoms with Crippen molar-refractivity contribution < 1.29 is 0 Å². The summed E-state index contributed by atoms with van der Waals surface area (Å²) in [5.41, 5.74) is 12.1. The Morgan fingerprint density at radius 1 is 0.235 bits per heavy atom.